The second kappa shape index (κ2) is 7.74. The molecule has 9 heteroatoms. The number of aryl methyl sites for hydroxylation is 1. The van der Waals surface area contributed by atoms with Gasteiger partial charge in [0.1, 0.15) is 11.5 Å². The summed E-state index contributed by atoms with van der Waals surface area (Å²) in [6.07, 6.45) is 1.99. The first-order valence-electron chi connectivity index (χ1n) is 10.0. The lowest BCUT2D eigenvalue weighted by molar-refractivity contribution is 0.151. The van der Waals surface area contributed by atoms with E-state index >= 15 is 0 Å². The minimum absolute atomic E-state index is 0.00634. The number of nitrogens with zero attached hydrogens (tertiary/aromatic N) is 4. The molecule has 0 saturated heterocycles. The van der Waals surface area contributed by atoms with Crippen LogP contribution in [0, 0.1) is 12.7 Å². The predicted molar refractivity (Wildman–Crippen MR) is 110 cm³/mol. The predicted octanol–water partition coefficient (Wildman–Crippen LogP) is 5.21. The van der Waals surface area contributed by atoms with Gasteiger partial charge in [0.15, 0.2) is 11.6 Å². The highest BCUT2D eigenvalue weighted by Gasteiger charge is 2.27. The molecular formula is C23H17F3N4O2. The second-order valence-corrected chi connectivity index (χ2v) is 7.71. The summed E-state index contributed by atoms with van der Waals surface area (Å²) in [6, 6.07) is 8.58. The number of benzene rings is 1. The van der Waals surface area contributed by atoms with Crippen molar-refractivity contribution < 1.29 is 17.6 Å². The Hall–Kier alpha value is -3.75. The largest absolute Gasteiger partial charge is 0.432 e. The van der Waals surface area contributed by atoms with Crippen LogP contribution in [0.15, 0.2) is 58.0 Å². The Morgan fingerprint density at radius 1 is 1.12 bits per heavy atom. The van der Waals surface area contributed by atoms with Crippen molar-refractivity contribution in [3.63, 3.8) is 0 Å². The van der Waals surface area contributed by atoms with Crippen molar-refractivity contribution >= 4 is 0 Å². The molecule has 4 aromatic rings. The Labute approximate surface area is 180 Å². The maximum atomic E-state index is 14.8. The average molecular weight is 438 g/mol. The lowest BCUT2D eigenvalue weighted by Crippen LogP contribution is -2.22. The van der Waals surface area contributed by atoms with Gasteiger partial charge >= 0.3 is 5.69 Å². The van der Waals surface area contributed by atoms with Gasteiger partial charge in [0.05, 0.1) is 11.3 Å². The van der Waals surface area contributed by atoms with E-state index < -0.39 is 17.9 Å². The summed E-state index contributed by atoms with van der Waals surface area (Å²) in [6.45, 7) is 1.74. The minimum Gasteiger partial charge on any atom is -0.432 e. The summed E-state index contributed by atoms with van der Waals surface area (Å²) in [5.41, 5.74) is 0.671. The lowest BCUT2D eigenvalue weighted by atomic mass is 10.1. The van der Waals surface area contributed by atoms with Gasteiger partial charge in [-0.1, -0.05) is 6.07 Å². The van der Waals surface area contributed by atoms with E-state index in [0.717, 1.165) is 23.5 Å². The first-order chi connectivity index (χ1) is 15.4. The molecule has 0 bridgehead atoms. The number of hydrogen-bond acceptors (Lipinski definition) is 5. The highest BCUT2D eigenvalue weighted by atomic mass is 19.3. The zero-order chi connectivity index (χ0) is 22.4. The van der Waals surface area contributed by atoms with E-state index in [2.05, 4.69) is 15.0 Å². The van der Waals surface area contributed by atoms with Gasteiger partial charge in [0, 0.05) is 23.9 Å². The maximum Gasteiger partial charge on any atom is 0.353 e. The first kappa shape index (κ1) is 20.2. The van der Waals surface area contributed by atoms with Crippen molar-refractivity contribution in [1.29, 1.82) is 0 Å². The van der Waals surface area contributed by atoms with Crippen molar-refractivity contribution in [3.05, 3.63) is 81.9 Å². The third-order valence-corrected chi connectivity index (χ3v) is 5.28. The monoisotopic (exact) mass is 438 g/mol. The van der Waals surface area contributed by atoms with Gasteiger partial charge in [0.2, 0.25) is 5.89 Å². The summed E-state index contributed by atoms with van der Waals surface area (Å²) in [7, 11) is 0. The molecule has 1 aromatic carbocycles. The molecule has 0 radical (unpaired) electrons. The fourth-order valence-corrected chi connectivity index (χ4v) is 3.45. The van der Waals surface area contributed by atoms with Crippen LogP contribution in [0.4, 0.5) is 13.2 Å². The number of pyridine rings is 1. The number of oxazole rings is 1. The summed E-state index contributed by atoms with van der Waals surface area (Å²) >= 11 is 0. The molecule has 3 heterocycles. The summed E-state index contributed by atoms with van der Waals surface area (Å²) in [5.74, 6) is -0.424. The lowest BCUT2D eigenvalue weighted by Gasteiger charge is -2.06. The van der Waals surface area contributed by atoms with Crippen LogP contribution < -0.4 is 5.69 Å². The molecule has 1 aliphatic rings. The van der Waals surface area contributed by atoms with Gasteiger partial charge < -0.3 is 4.42 Å². The quantitative estimate of drug-likeness (QED) is 0.428. The molecule has 162 valence electrons. The van der Waals surface area contributed by atoms with Gasteiger partial charge in [0.25, 0.3) is 6.43 Å². The summed E-state index contributed by atoms with van der Waals surface area (Å²) in [5, 5.41) is 0. The smallest absolute Gasteiger partial charge is 0.353 e. The number of halogens is 3. The third kappa shape index (κ3) is 3.70. The third-order valence-electron chi connectivity index (χ3n) is 5.28. The van der Waals surface area contributed by atoms with E-state index in [1.165, 1.54) is 30.6 Å². The van der Waals surface area contributed by atoms with Gasteiger partial charge in [-0.25, -0.2) is 22.5 Å². The zero-order valence-corrected chi connectivity index (χ0v) is 16.9. The standard InChI is InChI=1S/C23H17F3N4O2/c1-12-2-5-15(16(24)10-12)19-21(30-9-7-17(13-3-4-13)28-23(30)31)29-22(32-19)18-11-14(20(25)26)6-8-27-18/h2,5-11,13,20H,3-4H2,1H3. The van der Waals surface area contributed by atoms with Crippen LogP contribution >= 0.6 is 0 Å². The van der Waals surface area contributed by atoms with E-state index in [1.54, 1.807) is 19.1 Å². The van der Waals surface area contributed by atoms with Crippen molar-refractivity contribution in [2.45, 2.75) is 32.1 Å². The molecule has 0 spiro atoms. The number of alkyl halides is 2. The molecule has 3 aromatic heterocycles. The molecule has 6 nitrogen and oxygen atoms in total. The molecule has 1 fully saturated rings. The number of rotatable bonds is 5. The van der Waals surface area contributed by atoms with Crippen LogP contribution in [0.5, 0.6) is 0 Å². The van der Waals surface area contributed by atoms with Crippen LogP contribution in [0.25, 0.3) is 28.7 Å². The Balaban J connectivity index is 1.69. The number of aromatic nitrogens is 4. The Morgan fingerprint density at radius 2 is 1.94 bits per heavy atom. The van der Waals surface area contributed by atoms with E-state index in [9.17, 15) is 18.0 Å². The maximum absolute atomic E-state index is 14.8. The topological polar surface area (TPSA) is 73.8 Å². The van der Waals surface area contributed by atoms with Gasteiger partial charge in [-0.05, 0) is 55.7 Å². The van der Waals surface area contributed by atoms with Crippen LogP contribution in [-0.2, 0) is 0 Å². The van der Waals surface area contributed by atoms with Crippen LogP contribution in [0.1, 0.15) is 42.0 Å². The van der Waals surface area contributed by atoms with E-state index in [1.807, 2.05) is 0 Å². The molecule has 32 heavy (non-hydrogen) atoms. The molecule has 1 aliphatic carbocycles. The van der Waals surface area contributed by atoms with Crippen molar-refractivity contribution in [2.24, 2.45) is 0 Å². The zero-order valence-electron chi connectivity index (χ0n) is 16.9. The molecule has 0 N–H and O–H groups in total. The van der Waals surface area contributed by atoms with Crippen LogP contribution in [0.3, 0.4) is 0 Å². The Morgan fingerprint density at radius 3 is 2.62 bits per heavy atom. The molecule has 0 atom stereocenters. The molecule has 0 amide bonds. The Bertz CT molecular complexity index is 1380. The van der Waals surface area contributed by atoms with Crippen LogP contribution in [0.2, 0.25) is 0 Å². The Kier molecular flexibility index (Phi) is 4.88. The highest BCUT2D eigenvalue weighted by Crippen LogP contribution is 2.38. The number of hydrogen-bond donors (Lipinski definition) is 0. The van der Waals surface area contributed by atoms with Crippen molar-refractivity contribution in [3.8, 4) is 28.7 Å². The van der Waals surface area contributed by atoms with E-state index in [0.29, 0.717) is 11.3 Å². The first-order valence-corrected chi connectivity index (χ1v) is 10.0. The SMILES string of the molecule is Cc1ccc(-c2oc(-c3cc(C(F)F)ccn3)nc2-n2ccc(C3CC3)nc2=O)c(F)c1. The normalized spacial score (nSPS) is 13.7. The molecule has 5 rings (SSSR count). The molecule has 1 saturated carbocycles. The summed E-state index contributed by atoms with van der Waals surface area (Å²) in [4.78, 5) is 25.2. The van der Waals surface area contributed by atoms with Gasteiger partial charge in [-0.2, -0.15) is 9.97 Å². The second-order valence-electron chi connectivity index (χ2n) is 7.71. The van der Waals surface area contributed by atoms with E-state index in [4.69, 9.17) is 4.42 Å². The highest BCUT2D eigenvalue weighted by molar-refractivity contribution is 5.69. The van der Waals surface area contributed by atoms with Crippen LogP contribution in [-0.4, -0.2) is 19.5 Å². The molecule has 0 aliphatic heterocycles. The minimum atomic E-state index is -2.71. The molecule has 0 unspecified atom stereocenters. The fraction of sp³-hybridized carbons (Fsp3) is 0.217. The van der Waals surface area contributed by atoms with E-state index in [-0.39, 0.29) is 40.2 Å². The average Bonchev–Trinajstić information content (AvgIpc) is 3.53. The fourth-order valence-electron chi connectivity index (χ4n) is 3.45. The van der Waals surface area contributed by atoms with Crippen molar-refractivity contribution in [1.82, 2.24) is 19.5 Å². The van der Waals surface area contributed by atoms with Crippen molar-refractivity contribution in [2.75, 3.05) is 0 Å². The molecular weight excluding hydrogens is 421 g/mol. The van der Waals surface area contributed by atoms with Gasteiger partial charge in [-0.3, -0.25) is 4.98 Å². The summed E-state index contributed by atoms with van der Waals surface area (Å²) < 4.78 is 48.0. The van der Waals surface area contributed by atoms with Gasteiger partial charge in [-0.15, -0.1) is 0 Å².